The number of methoxy groups -OCH3 is 1. The Kier molecular flexibility index (Phi) is 4.80. The Morgan fingerprint density at radius 3 is 2.71 bits per heavy atom. The molecule has 0 amide bonds. The molecule has 0 spiro atoms. The van der Waals surface area contributed by atoms with Crippen LogP contribution in [0.4, 0.5) is 10.1 Å². The lowest BCUT2D eigenvalue weighted by Gasteiger charge is -2.10. The molecule has 0 saturated carbocycles. The van der Waals surface area contributed by atoms with Gasteiger partial charge in [-0.2, -0.15) is 0 Å². The third-order valence-electron chi connectivity index (χ3n) is 2.81. The van der Waals surface area contributed by atoms with E-state index in [9.17, 15) is 9.18 Å². The van der Waals surface area contributed by atoms with Crippen LogP contribution in [0.2, 0.25) is 0 Å². The molecule has 0 atom stereocenters. The van der Waals surface area contributed by atoms with Crippen molar-refractivity contribution in [2.24, 2.45) is 0 Å². The number of halogens is 2. The molecule has 0 aliphatic rings. The molecular weight excluding hydrogens is 341 g/mol. The third kappa shape index (κ3) is 3.72. The van der Waals surface area contributed by atoms with Crippen molar-refractivity contribution in [3.05, 3.63) is 57.8 Å². The first kappa shape index (κ1) is 15.3. The molecule has 0 heterocycles. The van der Waals surface area contributed by atoms with Gasteiger partial charge in [0.2, 0.25) is 0 Å². The fourth-order valence-electron chi connectivity index (χ4n) is 1.69. The van der Waals surface area contributed by atoms with E-state index in [-0.39, 0.29) is 12.4 Å². The van der Waals surface area contributed by atoms with Gasteiger partial charge < -0.3 is 15.2 Å². The summed E-state index contributed by atoms with van der Waals surface area (Å²) in [5, 5.41) is 0. The maximum Gasteiger partial charge on any atom is 0.337 e. The van der Waals surface area contributed by atoms with E-state index in [0.29, 0.717) is 21.5 Å². The quantitative estimate of drug-likeness (QED) is 0.674. The van der Waals surface area contributed by atoms with E-state index in [1.54, 1.807) is 24.3 Å². The number of benzene rings is 2. The van der Waals surface area contributed by atoms with Crippen molar-refractivity contribution in [1.29, 1.82) is 0 Å². The number of ether oxygens (including phenoxy) is 2. The van der Waals surface area contributed by atoms with E-state index >= 15 is 0 Å². The van der Waals surface area contributed by atoms with Crippen LogP contribution in [0.15, 0.2) is 40.9 Å². The van der Waals surface area contributed by atoms with Gasteiger partial charge in [-0.1, -0.05) is 6.07 Å². The topological polar surface area (TPSA) is 61.5 Å². The summed E-state index contributed by atoms with van der Waals surface area (Å²) in [6.07, 6.45) is 0. The highest BCUT2D eigenvalue weighted by Crippen LogP contribution is 2.25. The summed E-state index contributed by atoms with van der Waals surface area (Å²) < 4.78 is 23.7. The van der Waals surface area contributed by atoms with Gasteiger partial charge in [0, 0.05) is 0 Å². The zero-order valence-electron chi connectivity index (χ0n) is 11.2. The number of carbonyl (C=O) groups is 1. The minimum atomic E-state index is -0.468. The summed E-state index contributed by atoms with van der Waals surface area (Å²) in [6, 6.07) is 9.22. The summed E-state index contributed by atoms with van der Waals surface area (Å²) in [5.74, 6) is -0.436. The minimum absolute atomic E-state index is 0.202. The number of nitrogens with two attached hydrogens (primary N) is 1. The molecular formula is C15H13BrFNO3. The van der Waals surface area contributed by atoms with Gasteiger partial charge in [0.25, 0.3) is 0 Å². The van der Waals surface area contributed by atoms with Crippen molar-refractivity contribution in [3.8, 4) is 5.75 Å². The van der Waals surface area contributed by atoms with Crippen LogP contribution in [0.5, 0.6) is 5.75 Å². The maximum absolute atomic E-state index is 13.1. The summed E-state index contributed by atoms with van der Waals surface area (Å²) in [5.41, 5.74) is 7.33. The Morgan fingerprint density at radius 2 is 2.05 bits per heavy atom. The lowest BCUT2D eigenvalue weighted by atomic mass is 10.2. The van der Waals surface area contributed by atoms with Gasteiger partial charge in [-0.25, -0.2) is 9.18 Å². The molecule has 0 aliphatic carbocycles. The van der Waals surface area contributed by atoms with Crippen LogP contribution in [-0.2, 0) is 11.3 Å². The molecule has 2 aromatic carbocycles. The number of hydrogen-bond acceptors (Lipinski definition) is 4. The van der Waals surface area contributed by atoms with E-state index in [0.717, 1.165) is 5.56 Å². The largest absolute Gasteiger partial charge is 0.487 e. The molecule has 0 fully saturated rings. The Morgan fingerprint density at radius 1 is 1.29 bits per heavy atom. The minimum Gasteiger partial charge on any atom is -0.487 e. The highest BCUT2D eigenvalue weighted by Gasteiger charge is 2.10. The van der Waals surface area contributed by atoms with E-state index in [4.69, 9.17) is 10.5 Å². The van der Waals surface area contributed by atoms with Gasteiger partial charge in [0.1, 0.15) is 18.2 Å². The Balaban J connectivity index is 2.15. The second kappa shape index (κ2) is 6.58. The first-order valence-corrected chi connectivity index (χ1v) is 6.85. The first-order chi connectivity index (χ1) is 10.0. The Hall–Kier alpha value is -2.08. The zero-order valence-corrected chi connectivity index (χ0v) is 12.8. The van der Waals surface area contributed by atoms with Crippen molar-refractivity contribution in [2.75, 3.05) is 12.8 Å². The van der Waals surface area contributed by atoms with Crippen LogP contribution in [-0.4, -0.2) is 13.1 Å². The number of esters is 1. The van der Waals surface area contributed by atoms with Gasteiger partial charge in [0.05, 0.1) is 22.8 Å². The highest BCUT2D eigenvalue weighted by atomic mass is 79.9. The molecule has 0 bridgehead atoms. The summed E-state index contributed by atoms with van der Waals surface area (Å²) >= 11 is 3.11. The predicted molar refractivity (Wildman–Crippen MR) is 80.6 cm³/mol. The first-order valence-electron chi connectivity index (χ1n) is 6.06. The van der Waals surface area contributed by atoms with Gasteiger partial charge in [-0.15, -0.1) is 0 Å². The van der Waals surface area contributed by atoms with Crippen molar-refractivity contribution >= 4 is 27.6 Å². The van der Waals surface area contributed by atoms with Crippen LogP contribution < -0.4 is 10.5 Å². The molecule has 2 N–H and O–H groups in total. The number of rotatable bonds is 4. The van der Waals surface area contributed by atoms with E-state index in [1.165, 1.54) is 19.2 Å². The van der Waals surface area contributed by atoms with Crippen LogP contribution >= 0.6 is 15.9 Å². The van der Waals surface area contributed by atoms with Crippen LogP contribution in [0, 0.1) is 5.82 Å². The average molecular weight is 354 g/mol. The zero-order chi connectivity index (χ0) is 15.4. The SMILES string of the molecule is COC(=O)c1ccc(N)c(OCc2ccc(F)c(Br)c2)c1. The molecule has 110 valence electrons. The van der Waals surface area contributed by atoms with Crippen LogP contribution in [0.1, 0.15) is 15.9 Å². The van der Waals surface area contributed by atoms with E-state index in [2.05, 4.69) is 20.7 Å². The molecule has 0 aromatic heterocycles. The van der Waals surface area contributed by atoms with E-state index in [1.807, 2.05) is 0 Å². The molecule has 0 aliphatic heterocycles. The molecule has 21 heavy (non-hydrogen) atoms. The standard InChI is InChI=1S/C15H13BrFNO3/c1-20-15(19)10-3-5-13(18)14(7-10)21-8-9-2-4-12(17)11(16)6-9/h2-7H,8,18H2,1H3. The molecule has 0 unspecified atom stereocenters. The van der Waals surface area contributed by atoms with Gasteiger partial charge >= 0.3 is 5.97 Å². The molecule has 2 aromatic rings. The summed E-state index contributed by atoms with van der Waals surface area (Å²) in [4.78, 5) is 11.5. The maximum atomic E-state index is 13.1. The predicted octanol–water partition coefficient (Wildman–Crippen LogP) is 3.54. The van der Waals surface area contributed by atoms with Crippen molar-refractivity contribution in [1.82, 2.24) is 0 Å². The Labute approximate surface area is 129 Å². The normalized spacial score (nSPS) is 10.2. The van der Waals surface area contributed by atoms with E-state index < -0.39 is 5.97 Å². The smallest absolute Gasteiger partial charge is 0.337 e. The van der Waals surface area contributed by atoms with Gasteiger partial charge in [-0.05, 0) is 51.8 Å². The Bertz CT molecular complexity index is 676. The lowest BCUT2D eigenvalue weighted by molar-refractivity contribution is 0.0600. The number of anilines is 1. The second-order valence-corrected chi connectivity index (χ2v) is 5.14. The molecule has 0 saturated heterocycles. The van der Waals surface area contributed by atoms with Crippen LogP contribution in [0.3, 0.4) is 0 Å². The summed E-state index contributed by atoms with van der Waals surface area (Å²) in [7, 11) is 1.30. The monoisotopic (exact) mass is 353 g/mol. The molecule has 0 radical (unpaired) electrons. The number of carbonyl (C=O) groups excluding carboxylic acids is 1. The number of nitrogen functional groups attached to an aromatic ring is 1. The highest BCUT2D eigenvalue weighted by molar-refractivity contribution is 9.10. The van der Waals surface area contributed by atoms with Gasteiger partial charge in [-0.3, -0.25) is 0 Å². The average Bonchev–Trinajstić information content (AvgIpc) is 2.49. The fraction of sp³-hybridized carbons (Fsp3) is 0.133. The molecule has 4 nitrogen and oxygen atoms in total. The second-order valence-electron chi connectivity index (χ2n) is 4.28. The number of hydrogen-bond donors (Lipinski definition) is 1. The molecule has 6 heteroatoms. The lowest BCUT2D eigenvalue weighted by Crippen LogP contribution is -2.04. The molecule has 2 rings (SSSR count). The van der Waals surface area contributed by atoms with Gasteiger partial charge in [0.15, 0.2) is 0 Å². The van der Waals surface area contributed by atoms with Crippen molar-refractivity contribution in [2.45, 2.75) is 6.61 Å². The van der Waals surface area contributed by atoms with Crippen molar-refractivity contribution in [3.63, 3.8) is 0 Å². The summed E-state index contributed by atoms with van der Waals surface area (Å²) in [6.45, 7) is 0.202. The fourth-order valence-corrected chi connectivity index (χ4v) is 2.12. The third-order valence-corrected chi connectivity index (χ3v) is 3.42. The van der Waals surface area contributed by atoms with Crippen molar-refractivity contribution < 1.29 is 18.7 Å². The van der Waals surface area contributed by atoms with Crippen LogP contribution in [0.25, 0.3) is 0 Å².